The fourth-order valence-electron chi connectivity index (χ4n) is 1.68. The summed E-state index contributed by atoms with van der Waals surface area (Å²) in [5, 5.41) is 16.3. The largest absolute Gasteiger partial charge is 0.373 e. The smallest absolute Gasteiger partial charge is 0.220 e. The van der Waals surface area contributed by atoms with Gasteiger partial charge in [-0.1, -0.05) is 24.3 Å². The van der Waals surface area contributed by atoms with E-state index in [0.717, 1.165) is 16.5 Å². The molecule has 7 heteroatoms. The quantitative estimate of drug-likeness (QED) is 0.792. The lowest BCUT2D eigenvalue weighted by molar-refractivity contribution is 0.756. The average molecular weight is 284 g/mol. The number of benzene rings is 1. The summed E-state index contributed by atoms with van der Waals surface area (Å²) in [4.78, 5) is 4.44. The summed E-state index contributed by atoms with van der Waals surface area (Å²) >= 11 is 1.42. The highest BCUT2D eigenvalue weighted by Crippen LogP contribution is 2.25. The van der Waals surface area contributed by atoms with Gasteiger partial charge >= 0.3 is 0 Å². The minimum absolute atomic E-state index is 0.678. The Morgan fingerprint density at radius 2 is 1.90 bits per heavy atom. The molecular formula is C13H12N6S. The van der Waals surface area contributed by atoms with E-state index in [2.05, 4.69) is 25.8 Å². The Morgan fingerprint density at radius 3 is 2.70 bits per heavy atom. The minimum Gasteiger partial charge on any atom is -0.373 e. The van der Waals surface area contributed by atoms with Gasteiger partial charge in [-0.2, -0.15) is 4.68 Å². The van der Waals surface area contributed by atoms with Gasteiger partial charge in [0.25, 0.3) is 0 Å². The van der Waals surface area contributed by atoms with Crippen LogP contribution in [0.4, 0.5) is 5.82 Å². The van der Waals surface area contributed by atoms with Crippen LogP contribution < -0.4 is 5.32 Å². The van der Waals surface area contributed by atoms with Crippen LogP contribution in [0.3, 0.4) is 0 Å². The number of hydrogen-bond acceptors (Lipinski definition) is 6. The number of anilines is 1. The SMILES string of the molecule is CNc1cccc(Sc2nnnn2-c2ccccc2)n1. The molecule has 6 nitrogen and oxygen atoms in total. The second kappa shape index (κ2) is 5.70. The first kappa shape index (κ1) is 12.6. The molecule has 2 aromatic heterocycles. The molecule has 0 fully saturated rings. The van der Waals surface area contributed by atoms with Crippen LogP contribution in [0.5, 0.6) is 0 Å². The topological polar surface area (TPSA) is 68.5 Å². The normalized spacial score (nSPS) is 10.4. The molecule has 0 bridgehead atoms. The summed E-state index contributed by atoms with van der Waals surface area (Å²) in [5.74, 6) is 0.814. The minimum atomic E-state index is 0.678. The molecule has 3 aromatic rings. The van der Waals surface area contributed by atoms with Crippen LogP contribution in [-0.4, -0.2) is 32.2 Å². The molecule has 0 saturated heterocycles. The van der Waals surface area contributed by atoms with Crippen molar-refractivity contribution in [2.45, 2.75) is 10.2 Å². The highest BCUT2D eigenvalue weighted by atomic mass is 32.2. The summed E-state index contributed by atoms with van der Waals surface area (Å²) in [6.45, 7) is 0. The van der Waals surface area contributed by atoms with Gasteiger partial charge in [0.05, 0.1) is 5.69 Å². The van der Waals surface area contributed by atoms with E-state index in [-0.39, 0.29) is 0 Å². The van der Waals surface area contributed by atoms with E-state index in [1.165, 1.54) is 11.8 Å². The van der Waals surface area contributed by atoms with E-state index >= 15 is 0 Å². The third-order valence-corrected chi connectivity index (χ3v) is 3.49. The third kappa shape index (κ3) is 2.62. The number of rotatable bonds is 4. The number of hydrogen-bond donors (Lipinski definition) is 1. The van der Waals surface area contributed by atoms with Gasteiger partial charge in [0.15, 0.2) is 0 Å². The van der Waals surface area contributed by atoms with Crippen LogP contribution in [0, 0.1) is 0 Å². The summed E-state index contributed by atoms with van der Waals surface area (Å²) in [7, 11) is 1.84. The van der Waals surface area contributed by atoms with Crippen LogP contribution in [-0.2, 0) is 0 Å². The van der Waals surface area contributed by atoms with Crippen LogP contribution >= 0.6 is 11.8 Å². The Morgan fingerprint density at radius 1 is 1.05 bits per heavy atom. The monoisotopic (exact) mass is 284 g/mol. The number of aromatic nitrogens is 5. The highest BCUT2D eigenvalue weighted by molar-refractivity contribution is 7.99. The van der Waals surface area contributed by atoms with Crippen molar-refractivity contribution in [3.8, 4) is 5.69 Å². The Labute approximate surface area is 120 Å². The molecule has 100 valence electrons. The summed E-state index contributed by atoms with van der Waals surface area (Å²) < 4.78 is 1.69. The van der Waals surface area contributed by atoms with Gasteiger partial charge in [-0.25, -0.2) is 4.98 Å². The third-order valence-electron chi connectivity index (χ3n) is 2.62. The van der Waals surface area contributed by atoms with E-state index in [1.807, 2.05) is 55.6 Å². The van der Waals surface area contributed by atoms with Crippen molar-refractivity contribution in [3.05, 3.63) is 48.5 Å². The zero-order chi connectivity index (χ0) is 13.8. The van der Waals surface area contributed by atoms with Crippen molar-refractivity contribution in [1.82, 2.24) is 25.2 Å². The molecule has 0 radical (unpaired) electrons. The van der Waals surface area contributed by atoms with Gasteiger partial charge in [-0.15, -0.1) is 5.10 Å². The number of pyridine rings is 1. The zero-order valence-corrected chi connectivity index (χ0v) is 11.6. The molecular weight excluding hydrogens is 272 g/mol. The fraction of sp³-hybridized carbons (Fsp3) is 0.0769. The number of nitrogens with zero attached hydrogens (tertiary/aromatic N) is 5. The Balaban J connectivity index is 1.90. The fourth-order valence-corrected chi connectivity index (χ4v) is 2.46. The molecule has 0 saturated carbocycles. The summed E-state index contributed by atoms with van der Waals surface area (Å²) in [5.41, 5.74) is 0.921. The molecule has 2 heterocycles. The maximum absolute atomic E-state index is 4.44. The molecule has 0 aliphatic carbocycles. The van der Waals surface area contributed by atoms with Crippen molar-refractivity contribution in [1.29, 1.82) is 0 Å². The Bertz CT molecular complexity index is 697. The molecule has 0 aliphatic rings. The molecule has 0 atom stereocenters. The number of tetrazole rings is 1. The van der Waals surface area contributed by atoms with Crippen molar-refractivity contribution in [2.24, 2.45) is 0 Å². The maximum atomic E-state index is 4.44. The first-order valence-corrected chi connectivity index (χ1v) is 6.85. The molecule has 0 amide bonds. The van der Waals surface area contributed by atoms with Crippen molar-refractivity contribution >= 4 is 17.6 Å². The average Bonchev–Trinajstić information content (AvgIpc) is 2.96. The number of para-hydroxylation sites is 1. The van der Waals surface area contributed by atoms with Crippen molar-refractivity contribution in [3.63, 3.8) is 0 Å². The second-order valence-electron chi connectivity index (χ2n) is 3.92. The standard InChI is InChI=1S/C13H12N6S/c1-14-11-8-5-9-12(15-11)20-13-16-17-18-19(13)10-6-3-2-4-7-10/h2-9H,1H3,(H,14,15). The molecule has 1 aromatic carbocycles. The molecule has 0 spiro atoms. The summed E-state index contributed by atoms with van der Waals surface area (Å²) in [6.07, 6.45) is 0. The van der Waals surface area contributed by atoms with Gasteiger partial charge in [-0.05, 0) is 46.5 Å². The van der Waals surface area contributed by atoms with Gasteiger partial charge in [0.1, 0.15) is 10.8 Å². The van der Waals surface area contributed by atoms with Crippen LogP contribution in [0.1, 0.15) is 0 Å². The first-order valence-electron chi connectivity index (χ1n) is 6.03. The lowest BCUT2D eigenvalue weighted by atomic mass is 10.3. The van der Waals surface area contributed by atoms with Crippen LogP contribution in [0.25, 0.3) is 5.69 Å². The predicted molar refractivity (Wildman–Crippen MR) is 77.1 cm³/mol. The van der Waals surface area contributed by atoms with E-state index < -0.39 is 0 Å². The van der Waals surface area contributed by atoms with Crippen molar-refractivity contribution in [2.75, 3.05) is 12.4 Å². The van der Waals surface area contributed by atoms with Gasteiger partial charge in [-0.3, -0.25) is 0 Å². The highest BCUT2D eigenvalue weighted by Gasteiger charge is 2.10. The predicted octanol–water partition coefficient (Wildman–Crippen LogP) is 2.25. The second-order valence-corrected chi connectivity index (χ2v) is 4.91. The number of nitrogens with one attached hydrogen (secondary N) is 1. The molecule has 0 aliphatic heterocycles. The summed E-state index contributed by atoms with van der Waals surface area (Å²) in [6, 6.07) is 15.5. The molecule has 1 N–H and O–H groups in total. The van der Waals surface area contributed by atoms with E-state index in [1.54, 1.807) is 4.68 Å². The molecule has 3 rings (SSSR count). The van der Waals surface area contributed by atoms with Crippen LogP contribution in [0.2, 0.25) is 0 Å². The van der Waals surface area contributed by atoms with Gasteiger partial charge < -0.3 is 5.32 Å². The van der Waals surface area contributed by atoms with Gasteiger partial charge in [0, 0.05) is 7.05 Å². The lowest BCUT2D eigenvalue weighted by Crippen LogP contribution is -1.99. The lowest BCUT2D eigenvalue weighted by Gasteiger charge is -2.04. The Kier molecular flexibility index (Phi) is 3.60. The first-order chi connectivity index (χ1) is 9.86. The van der Waals surface area contributed by atoms with Crippen LogP contribution in [0.15, 0.2) is 58.7 Å². The van der Waals surface area contributed by atoms with E-state index in [4.69, 9.17) is 0 Å². The zero-order valence-electron chi connectivity index (χ0n) is 10.8. The van der Waals surface area contributed by atoms with Gasteiger partial charge in [0.2, 0.25) is 5.16 Å². The van der Waals surface area contributed by atoms with E-state index in [0.29, 0.717) is 5.16 Å². The molecule has 20 heavy (non-hydrogen) atoms. The van der Waals surface area contributed by atoms with E-state index in [9.17, 15) is 0 Å². The van der Waals surface area contributed by atoms with Crippen molar-refractivity contribution < 1.29 is 0 Å². The maximum Gasteiger partial charge on any atom is 0.220 e. The Hall–Kier alpha value is -2.41. The molecule has 0 unspecified atom stereocenters.